The van der Waals surface area contributed by atoms with Crippen molar-refractivity contribution < 1.29 is 4.79 Å². The molecule has 0 bridgehead atoms. The van der Waals surface area contributed by atoms with Crippen molar-refractivity contribution >= 4 is 5.91 Å². The zero-order valence-electron chi connectivity index (χ0n) is 11.3. The maximum atomic E-state index is 11.1. The summed E-state index contributed by atoms with van der Waals surface area (Å²) in [6.07, 6.45) is 4.83. The average Bonchev–Trinajstić information content (AvgIpc) is 2.87. The fourth-order valence-corrected chi connectivity index (χ4v) is 1.99. The fourth-order valence-electron chi connectivity index (χ4n) is 1.99. The average molecular weight is 273 g/mol. The molecule has 20 heavy (non-hydrogen) atoms. The number of nitrogens with zero attached hydrogens (tertiary/aromatic N) is 3. The van der Waals surface area contributed by atoms with Crippen LogP contribution in [0.25, 0.3) is 0 Å². The minimum atomic E-state index is -0.423. The number of amides is 1. The molecule has 0 radical (unpaired) electrons. The number of nitrogens with two attached hydrogens (primary N) is 2. The summed E-state index contributed by atoms with van der Waals surface area (Å²) in [6.45, 7) is 1.28. The molecular formula is C14H19N5O. The molecule has 6 heteroatoms. The summed E-state index contributed by atoms with van der Waals surface area (Å²) >= 11 is 0. The summed E-state index contributed by atoms with van der Waals surface area (Å²) in [5.41, 5.74) is 13.2. The Kier molecular flexibility index (Phi) is 4.84. The van der Waals surface area contributed by atoms with E-state index in [-0.39, 0.29) is 0 Å². The zero-order valence-corrected chi connectivity index (χ0v) is 11.3. The maximum absolute atomic E-state index is 11.1. The first-order chi connectivity index (χ1) is 9.69. The molecule has 0 aliphatic rings. The van der Waals surface area contributed by atoms with Gasteiger partial charge in [0.05, 0.1) is 12.2 Å². The van der Waals surface area contributed by atoms with Gasteiger partial charge in [0.2, 0.25) is 5.91 Å². The van der Waals surface area contributed by atoms with Crippen LogP contribution in [0.15, 0.2) is 30.5 Å². The first-order valence-corrected chi connectivity index (χ1v) is 6.67. The standard InChI is InChI=1S/C14H19N5O/c15-7-2-1-6-13-10-19(18-17-13)9-11-4-3-5-12(8-11)14(16)20/h3-5,8,10H,1-2,6-7,9,15H2,(H2,16,20). The number of aryl methyl sites for hydroxylation is 1. The normalized spacial score (nSPS) is 10.7. The summed E-state index contributed by atoms with van der Waals surface area (Å²) in [7, 11) is 0. The Morgan fingerprint density at radius 3 is 2.90 bits per heavy atom. The second-order valence-electron chi connectivity index (χ2n) is 4.72. The number of unbranched alkanes of at least 4 members (excludes halogenated alkanes) is 1. The van der Waals surface area contributed by atoms with E-state index in [9.17, 15) is 4.79 Å². The van der Waals surface area contributed by atoms with Crippen LogP contribution < -0.4 is 11.5 Å². The number of carbonyl (C=O) groups excluding carboxylic acids is 1. The summed E-state index contributed by atoms with van der Waals surface area (Å²) < 4.78 is 1.76. The van der Waals surface area contributed by atoms with Gasteiger partial charge in [0.25, 0.3) is 0 Å². The van der Waals surface area contributed by atoms with E-state index in [2.05, 4.69) is 10.3 Å². The Labute approximate surface area is 117 Å². The van der Waals surface area contributed by atoms with Gasteiger partial charge in [-0.05, 0) is 43.5 Å². The van der Waals surface area contributed by atoms with Crippen molar-refractivity contribution in [3.05, 3.63) is 47.3 Å². The van der Waals surface area contributed by atoms with Gasteiger partial charge in [0, 0.05) is 11.8 Å². The van der Waals surface area contributed by atoms with Gasteiger partial charge in [-0.1, -0.05) is 17.3 Å². The minimum Gasteiger partial charge on any atom is -0.366 e. The van der Waals surface area contributed by atoms with E-state index in [0.717, 1.165) is 30.5 Å². The van der Waals surface area contributed by atoms with Gasteiger partial charge in [-0.15, -0.1) is 5.10 Å². The molecule has 0 aliphatic heterocycles. The number of rotatable bonds is 7. The third-order valence-electron chi connectivity index (χ3n) is 3.03. The summed E-state index contributed by atoms with van der Waals surface area (Å²) in [6, 6.07) is 7.22. The fraction of sp³-hybridized carbons (Fsp3) is 0.357. The SMILES string of the molecule is NCCCCc1cn(Cc2cccc(C(N)=O)c2)nn1. The van der Waals surface area contributed by atoms with Crippen molar-refractivity contribution in [2.24, 2.45) is 11.5 Å². The molecular weight excluding hydrogens is 254 g/mol. The summed E-state index contributed by atoms with van der Waals surface area (Å²) in [5.74, 6) is -0.423. The molecule has 6 nitrogen and oxygen atoms in total. The first-order valence-electron chi connectivity index (χ1n) is 6.67. The van der Waals surface area contributed by atoms with Crippen LogP contribution in [-0.4, -0.2) is 27.4 Å². The highest BCUT2D eigenvalue weighted by atomic mass is 16.1. The lowest BCUT2D eigenvalue weighted by Gasteiger charge is -2.02. The molecule has 0 spiro atoms. The smallest absolute Gasteiger partial charge is 0.248 e. The number of hydrogen-bond acceptors (Lipinski definition) is 4. The predicted octanol–water partition coefficient (Wildman–Crippen LogP) is 0.707. The van der Waals surface area contributed by atoms with E-state index in [1.807, 2.05) is 18.3 Å². The van der Waals surface area contributed by atoms with Gasteiger partial charge < -0.3 is 11.5 Å². The number of benzene rings is 1. The number of carbonyl (C=O) groups is 1. The van der Waals surface area contributed by atoms with Crippen LogP contribution >= 0.6 is 0 Å². The second-order valence-corrected chi connectivity index (χ2v) is 4.72. The molecule has 2 rings (SSSR count). The number of hydrogen-bond donors (Lipinski definition) is 2. The third-order valence-corrected chi connectivity index (χ3v) is 3.03. The molecule has 0 aliphatic carbocycles. The Morgan fingerprint density at radius 1 is 1.30 bits per heavy atom. The summed E-state index contributed by atoms with van der Waals surface area (Å²) in [4.78, 5) is 11.1. The van der Waals surface area contributed by atoms with Gasteiger partial charge in [0.1, 0.15) is 0 Å². The Bertz CT molecular complexity index is 578. The lowest BCUT2D eigenvalue weighted by Crippen LogP contribution is -2.11. The number of primary amides is 1. The van der Waals surface area contributed by atoms with Gasteiger partial charge >= 0.3 is 0 Å². The largest absolute Gasteiger partial charge is 0.366 e. The molecule has 0 fully saturated rings. The van der Waals surface area contributed by atoms with Crippen molar-refractivity contribution in [2.75, 3.05) is 6.54 Å². The van der Waals surface area contributed by atoms with Crippen molar-refractivity contribution in [3.8, 4) is 0 Å². The quantitative estimate of drug-likeness (QED) is 0.725. The van der Waals surface area contributed by atoms with Gasteiger partial charge in [-0.25, -0.2) is 4.68 Å². The van der Waals surface area contributed by atoms with Crippen molar-refractivity contribution in [3.63, 3.8) is 0 Å². The van der Waals surface area contributed by atoms with Crippen LogP contribution in [0.5, 0.6) is 0 Å². The van der Waals surface area contributed by atoms with Crippen LogP contribution in [0.4, 0.5) is 0 Å². The van der Waals surface area contributed by atoms with E-state index in [4.69, 9.17) is 11.5 Å². The molecule has 1 aromatic heterocycles. The van der Waals surface area contributed by atoms with Crippen molar-refractivity contribution in [2.45, 2.75) is 25.8 Å². The molecule has 0 saturated carbocycles. The maximum Gasteiger partial charge on any atom is 0.248 e. The topological polar surface area (TPSA) is 99.8 Å². The molecule has 1 heterocycles. The molecule has 0 saturated heterocycles. The molecule has 1 aromatic carbocycles. The minimum absolute atomic E-state index is 0.423. The highest BCUT2D eigenvalue weighted by molar-refractivity contribution is 5.92. The van der Waals surface area contributed by atoms with E-state index in [1.54, 1.807) is 16.8 Å². The molecule has 2 aromatic rings. The highest BCUT2D eigenvalue weighted by Crippen LogP contribution is 2.07. The van der Waals surface area contributed by atoms with E-state index >= 15 is 0 Å². The predicted molar refractivity (Wildman–Crippen MR) is 76.1 cm³/mol. The summed E-state index contributed by atoms with van der Waals surface area (Å²) in [5, 5.41) is 8.21. The number of aromatic nitrogens is 3. The molecule has 106 valence electrons. The van der Waals surface area contributed by atoms with Crippen LogP contribution in [0.1, 0.15) is 34.5 Å². The molecule has 0 unspecified atom stereocenters. The van der Waals surface area contributed by atoms with Gasteiger partial charge in [0.15, 0.2) is 0 Å². The van der Waals surface area contributed by atoms with Crippen molar-refractivity contribution in [1.82, 2.24) is 15.0 Å². The lowest BCUT2D eigenvalue weighted by molar-refractivity contribution is 0.1000. The molecule has 0 atom stereocenters. The lowest BCUT2D eigenvalue weighted by atomic mass is 10.1. The zero-order chi connectivity index (χ0) is 14.4. The Hall–Kier alpha value is -2.21. The van der Waals surface area contributed by atoms with Crippen LogP contribution in [0.3, 0.4) is 0 Å². The second kappa shape index (κ2) is 6.81. The van der Waals surface area contributed by atoms with E-state index in [1.165, 1.54) is 0 Å². The Morgan fingerprint density at radius 2 is 2.15 bits per heavy atom. The highest BCUT2D eigenvalue weighted by Gasteiger charge is 2.04. The monoisotopic (exact) mass is 273 g/mol. The van der Waals surface area contributed by atoms with Gasteiger partial charge in [-0.2, -0.15) is 0 Å². The third kappa shape index (κ3) is 3.89. The van der Waals surface area contributed by atoms with E-state index in [0.29, 0.717) is 18.7 Å². The first kappa shape index (κ1) is 14.2. The Balaban J connectivity index is 1.99. The molecule has 4 N–H and O–H groups in total. The van der Waals surface area contributed by atoms with E-state index < -0.39 is 5.91 Å². The van der Waals surface area contributed by atoms with Crippen LogP contribution in [0, 0.1) is 0 Å². The molecule has 1 amide bonds. The van der Waals surface area contributed by atoms with Crippen molar-refractivity contribution in [1.29, 1.82) is 0 Å². The van der Waals surface area contributed by atoms with Crippen LogP contribution in [-0.2, 0) is 13.0 Å². The van der Waals surface area contributed by atoms with Gasteiger partial charge in [-0.3, -0.25) is 4.79 Å². The van der Waals surface area contributed by atoms with Crippen LogP contribution in [0.2, 0.25) is 0 Å².